The van der Waals surface area contributed by atoms with E-state index < -0.39 is 0 Å². The van der Waals surface area contributed by atoms with Crippen LogP contribution in [0.2, 0.25) is 0 Å². The Kier molecular flexibility index (Phi) is 6.69. The summed E-state index contributed by atoms with van der Waals surface area (Å²) < 4.78 is 5.52. The topological polar surface area (TPSA) is 50.4 Å². The van der Waals surface area contributed by atoms with Gasteiger partial charge in [-0.3, -0.25) is 0 Å². The third-order valence-corrected chi connectivity index (χ3v) is 2.46. The van der Waals surface area contributed by atoms with Gasteiger partial charge in [-0.1, -0.05) is 25.5 Å². The zero-order chi connectivity index (χ0) is 13.2. The third kappa shape index (κ3) is 6.13. The molecule has 0 saturated carbocycles. The molecule has 4 nitrogen and oxygen atoms in total. The average molecular weight is 250 g/mol. The number of amides is 2. The molecule has 0 radical (unpaired) electrons. The zero-order valence-corrected chi connectivity index (χ0v) is 11.2. The summed E-state index contributed by atoms with van der Waals surface area (Å²) in [7, 11) is 0. The fourth-order valence-corrected chi connectivity index (χ4v) is 1.48. The summed E-state index contributed by atoms with van der Waals surface area (Å²) in [5.74, 6) is 0.836. The first kappa shape index (κ1) is 14.4. The second-order valence-electron chi connectivity index (χ2n) is 4.20. The average Bonchev–Trinajstić information content (AvgIpc) is 2.35. The van der Waals surface area contributed by atoms with Crippen LogP contribution in [0.3, 0.4) is 0 Å². The molecule has 1 rings (SSSR count). The summed E-state index contributed by atoms with van der Waals surface area (Å²) in [5, 5.41) is 5.54. The third-order valence-electron chi connectivity index (χ3n) is 2.46. The molecule has 0 bridgehead atoms. The molecule has 0 fully saturated rings. The van der Waals surface area contributed by atoms with Gasteiger partial charge in [-0.15, -0.1) is 0 Å². The Morgan fingerprint density at radius 2 is 2.06 bits per heavy atom. The SMILES string of the molecule is CCCCNC(=O)NCCOc1cccc(C)c1. The molecular formula is C14H22N2O2. The second-order valence-corrected chi connectivity index (χ2v) is 4.20. The number of hydrogen-bond donors (Lipinski definition) is 2. The monoisotopic (exact) mass is 250 g/mol. The van der Waals surface area contributed by atoms with Crippen molar-refractivity contribution >= 4 is 6.03 Å². The van der Waals surface area contributed by atoms with Crippen molar-refractivity contribution in [2.24, 2.45) is 0 Å². The zero-order valence-electron chi connectivity index (χ0n) is 11.2. The molecule has 0 aliphatic rings. The highest BCUT2D eigenvalue weighted by atomic mass is 16.5. The Bertz CT molecular complexity index is 367. The Labute approximate surface area is 109 Å². The molecule has 4 heteroatoms. The van der Waals surface area contributed by atoms with Crippen molar-refractivity contribution in [1.29, 1.82) is 0 Å². The lowest BCUT2D eigenvalue weighted by Crippen LogP contribution is -2.38. The van der Waals surface area contributed by atoms with Gasteiger partial charge in [0.1, 0.15) is 12.4 Å². The number of hydrogen-bond acceptors (Lipinski definition) is 2. The highest BCUT2D eigenvalue weighted by Gasteiger charge is 1.98. The molecule has 100 valence electrons. The standard InChI is InChI=1S/C14H22N2O2/c1-3-4-8-15-14(17)16-9-10-18-13-7-5-6-12(2)11-13/h5-7,11H,3-4,8-10H2,1-2H3,(H2,15,16,17). The van der Waals surface area contributed by atoms with Crippen LogP contribution in [0.1, 0.15) is 25.3 Å². The van der Waals surface area contributed by atoms with Crippen molar-refractivity contribution in [1.82, 2.24) is 10.6 Å². The summed E-state index contributed by atoms with van der Waals surface area (Å²) in [4.78, 5) is 11.3. The summed E-state index contributed by atoms with van der Waals surface area (Å²) in [5.41, 5.74) is 1.16. The number of urea groups is 1. The van der Waals surface area contributed by atoms with Crippen LogP contribution in [0.25, 0.3) is 0 Å². The molecule has 0 atom stereocenters. The Balaban J connectivity index is 2.09. The van der Waals surface area contributed by atoms with Crippen LogP contribution in [0, 0.1) is 6.92 Å². The summed E-state index contributed by atoms with van der Waals surface area (Å²) >= 11 is 0. The van der Waals surface area contributed by atoms with Crippen LogP contribution >= 0.6 is 0 Å². The molecule has 1 aromatic carbocycles. The number of aryl methyl sites for hydroxylation is 1. The van der Waals surface area contributed by atoms with E-state index >= 15 is 0 Å². The second kappa shape index (κ2) is 8.39. The molecule has 0 spiro atoms. The maximum absolute atomic E-state index is 11.3. The van der Waals surface area contributed by atoms with Gasteiger partial charge < -0.3 is 15.4 Å². The van der Waals surface area contributed by atoms with Crippen molar-refractivity contribution < 1.29 is 9.53 Å². The first-order valence-electron chi connectivity index (χ1n) is 6.43. The lowest BCUT2D eigenvalue weighted by atomic mass is 10.2. The maximum Gasteiger partial charge on any atom is 0.314 e. The first-order valence-corrected chi connectivity index (χ1v) is 6.43. The lowest BCUT2D eigenvalue weighted by Gasteiger charge is -2.09. The van der Waals surface area contributed by atoms with Crippen molar-refractivity contribution in [3.05, 3.63) is 29.8 Å². The molecule has 0 aliphatic carbocycles. The van der Waals surface area contributed by atoms with Crippen molar-refractivity contribution in [3.63, 3.8) is 0 Å². The van der Waals surface area contributed by atoms with Crippen LogP contribution < -0.4 is 15.4 Å². The van der Waals surface area contributed by atoms with Crippen LogP contribution in [-0.4, -0.2) is 25.7 Å². The smallest absolute Gasteiger partial charge is 0.314 e. The minimum atomic E-state index is -0.128. The molecule has 2 amide bonds. The number of carbonyl (C=O) groups excluding carboxylic acids is 1. The largest absolute Gasteiger partial charge is 0.492 e. The summed E-state index contributed by atoms with van der Waals surface area (Å²) in [6.45, 7) is 5.82. The van der Waals surface area contributed by atoms with Crippen LogP contribution in [0.15, 0.2) is 24.3 Å². The lowest BCUT2D eigenvalue weighted by molar-refractivity contribution is 0.236. The van der Waals surface area contributed by atoms with Crippen molar-refractivity contribution in [2.45, 2.75) is 26.7 Å². The number of rotatable bonds is 7. The number of benzene rings is 1. The fraction of sp³-hybridized carbons (Fsp3) is 0.500. The predicted octanol–water partition coefficient (Wildman–Crippen LogP) is 2.47. The number of carbonyl (C=O) groups is 1. The minimum absolute atomic E-state index is 0.128. The van der Waals surface area contributed by atoms with Gasteiger partial charge in [-0.2, -0.15) is 0 Å². The van der Waals surface area contributed by atoms with Crippen LogP contribution in [0.5, 0.6) is 5.75 Å². The quantitative estimate of drug-likeness (QED) is 0.730. The number of ether oxygens (including phenoxy) is 1. The van der Waals surface area contributed by atoms with E-state index in [0.717, 1.165) is 30.7 Å². The summed E-state index contributed by atoms with van der Waals surface area (Å²) in [6.07, 6.45) is 2.09. The molecule has 0 saturated heterocycles. The van der Waals surface area contributed by atoms with Crippen molar-refractivity contribution in [2.75, 3.05) is 19.7 Å². The molecule has 1 aromatic rings. The number of nitrogens with one attached hydrogen (secondary N) is 2. The van der Waals surface area contributed by atoms with Gasteiger partial charge >= 0.3 is 6.03 Å². The minimum Gasteiger partial charge on any atom is -0.492 e. The molecule has 0 unspecified atom stereocenters. The van der Waals surface area contributed by atoms with Gasteiger partial charge in [-0.25, -0.2) is 4.79 Å². The summed E-state index contributed by atoms with van der Waals surface area (Å²) in [6, 6.07) is 7.73. The van der Waals surface area contributed by atoms with Crippen LogP contribution in [0.4, 0.5) is 4.79 Å². The van der Waals surface area contributed by atoms with Gasteiger partial charge in [0, 0.05) is 6.54 Å². The maximum atomic E-state index is 11.3. The van der Waals surface area contributed by atoms with E-state index in [1.807, 2.05) is 31.2 Å². The Hall–Kier alpha value is -1.71. The fourth-order valence-electron chi connectivity index (χ4n) is 1.48. The van der Waals surface area contributed by atoms with Gasteiger partial charge in [0.25, 0.3) is 0 Å². The molecule has 2 N–H and O–H groups in total. The van der Waals surface area contributed by atoms with E-state index in [9.17, 15) is 4.79 Å². The van der Waals surface area contributed by atoms with Crippen molar-refractivity contribution in [3.8, 4) is 5.75 Å². The highest BCUT2D eigenvalue weighted by Crippen LogP contribution is 2.11. The van der Waals surface area contributed by atoms with E-state index in [-0.39, 0.29) is 6.03 Å². The molecule has 18 heavy (non-hydrogen) atoms. The van der Waals surface area contributed by atoms with Gasteiger partial charge in [0.2, 0.25) is 0 Å². The van der Waals surface area contributed by atoms with E-state index in [0.29, 0.717) is 13.2 Å². The molecule has 0 aromatic heterocycles. The Morgan fingerprint density at radius 3 is 2.78 bits per heavy atom. The van der Waals surface area contributed by atoms with Gasteiger partial charge in [0.05, 0.1) is 6.54 Å². The van der Waals surface area contributed by atoms with Gasteiger partial charge in [-0.05, 0) is 31.0 Å². The highest BCUT2D eigenvalue weighted by molar-refractivity contribution is 5.73. The normalized spacial score (nSPS) is 9.89. The molecule has 0 heterocycles. The van der Waals surface area contributed by atoms with E-state index in [1.54, 1.807) is 0 Å². The first-order chi connectivity index (χ1) is 8.72. The molecule has 0 aliphatic heterocycles. The predicted molar refractivity (Wildman–Crippen MR) is 73.0 cm³/mol. The Morgan fingerprint density at radius 1 is 1.28 bits per heavy atom. The van der Waals surface area contributed by atoms with Gasteiger partial charge in [0.15, 0.2) is 0 Å². The number of unbranched alkanes of at least 4 members (excludes halogenated alkanes) is 1. The molecular weight excluding hydrogens is 228 g/mol. The van der Waals surface area contributed by atoms with Crippen LogP contribution in [-0.2, 0) is 0 Å². The van der Waals surface area contributed by atoms with E-state index in [2.05, 4.69) is 17.6 Å². The van der Waals surface area contributed by atoms with E-state index in [4.69, 9.17) is 4.74 Å². The van der Waals surface area contributed by atoms with E-state index in [1.165, 1.54) is 0 Å².